The van der Waals surface area contributed by atoms with Crippen molar-refractivity contribution in [2.24, 2.45) is 7.05 Å². The van der Waals surface area contributed by atoms with Gasteiger partial charge in [0.2, 0.25) is 5.78 Å². The summed E-state index contributed by atoms with van der Waals surface area (Å²) in [7, 11) is 3.12. The molecule has 0 amide bonds. The number of carbonyl (C=O) groups is 1. The van der Waals surface area contributed by atoms with Crippen LogP contribution in [0.5, 0.6) is 5.75 Å². The van der Waals surface area contributed by atoms with E-state index < -0.39 is 5.82 Å². The van der Waals surface area contributed by atoms with Crippen molar-refractivity contribution in [3.05, 3.63) is 47.0 Å². The van der Waals surface area contributed by atoms with E-state index in [0.717, 1.165) is 12.1 Å². The minimum absolute atomic E-state index is 0.0199. The van der Waals surface area contributed by atoms with Gasteiger partial charge in [-0.15, -0.1) is 0 Å². The van der Waals surface area contributed by atoms with Crippen LogP contribution in [0.2, 0.25) is 0 Å². The molecule has 1 aromatic heterocycles. The highest BCUT2D eigenvalue weighted by Crippen LogP contribution is 2.19. The average molecular weight is 262 g/mol. The molecule has 0 aliphatic heterocycles. The van der Waals surface area contributed by atoms with Crippen LogP contribution >= 0.6 is 0 Å². The van der Waals surface area contributed by atoms with Gasteiger partial charge in [0, 0.05) is 13.1 Å². The Hall–Kier alpha value is -2.17. The molecule has 0 saturated heterocycles. The molecule has 0 fully saturated rings. The molecule has 2 aromatic rings. The van der Waals surface area contributed by atoms with Gasteiger partial charge in [-0.05, 0) is 24.6 Å². The summed E-state index contributed by atoms with van der Waals surface area (Å²) < 4.78 is 20.3. The van der Waals surface area contributed by atoms with Crippen LogP contribution in [0.25, 0.3) is 0 Å². The third kappa shape index (κ3) is 2.50. The molecule has 0 aliphatic carbocycles. The number of benzene rings is 1. The highest BCUT2D eigenvalue weighted by atomic mass is 19.1. The summed E-state index contributed by atoms with van der Waals surface area (Å²) in [5, 5.41) is 4.19. The molecule has 4 nitrogen and oxygen atoms in total. The number of carbonyl (C=O) groups excluding carboxylic acids is 1. The third-order valence-electron chi connectivity index (χ3n) is 2.95. The van der Waals surface area contributed by atoms with Gasteiger partial charge in [-0.2, -0.15) is 5.10 Å². The summed E-state index contributed by atoms with van der Waals surface area (Å²) in [5.74, 6) is -0.591. The second kappa shape index (κ2) is 5.22. The van der Waals surface area contributed by atoms with Gasteiger partial charge >= 0.3 is 0 Å². The van der Waals surface area contributed by atoms with E-state index in [2.05, 4.69) is 5.10 Å². The van der Waals surface area contributed by atoms with E-state index in [-0.39, 0.29) is 11.3 Å². The van der Waals surface area contributed by atoms with Crippen LogP contribution in [0, 0.1) is 5.82 Å². The summed E-state index contributed by atoms with van der Waals surface area (Å²) in [4.78, 5) is 12.3. The maximum Gasteiger partial charge on any atom is 0.213 e. The van der Waals surface area contributed by atoms with E-state index in [9.17, 15) is 9.18 Å². The van der Waals surface area contributed by atoms with Crippen molar-refractivity contribution in [3.8, 4) is 5.75 Å². The number of rotatable bonds is 4. The molecule has 0 unspecified atom stereocenters. The molecule has 2 rings (SSSR count). The summed E-state index contributed by atoms with van der Waals surface area (Å²) in [6, 6.07) is 5.87. The first-order valence-corrected chi connectivity index (χ1v) is 5.98. The van der Waals surface area contributed by atoms with Crippen molar-refractivity contribution >= 4 is 5.78 Å². The van der Waals surface area contributed by atoms with Crippen LogP contribution < -0.4 is 4.74 Å². The Morgan fingerprint density at radius 1 is 1.42 bits per heavy atom. The van der Waals surface area contributed by atoms with Crippen molar-refractivity contribution in [2.45, 2.75) is 13.3 Å². The first-order valence-electron chi connectivity index (χ1n) is 5.98. The van der Waals surface area contributed by atoms with E-state index >= 15 is 0 Å². The van der Waals surface area contributed by atoms with E-state index in [4.69, 9.17) is 4.74 Å². The zero-order valence-corrected chi connectivity index (χ0v) is 11.1. The topological polar surface area (TPSA) is 44.1 Å². The molecular weight excluding hydrogens is 247 g/mol. The van der Waals surface area contributed by atoms with Gasteiger partial charge in [-0.25, -0.2) is 4.39 Å². The predicted molar refractivity (Wildman–Crippen MR) is 69.0 cm³/mol. The van der Waals surface area contributed by atoms with Crippen molar-refractivity contribution in [1.29, 1.82) is 0 Å². The molecule has 1 heterocycles. The largest absolute Gasteiger partial charge is 0.497 e. The van der Waals surface area contributed by atoms with E-state index in [0.29, 0.717) is 11.4 Å². The van der Waals surface area contributed by atoms with Crippen LogP contribution in [-0.2, 0) is 13.5 Å². The molecule has 0 aliphatic rings. The maximum atomic E-state index is 13.9. The highest BCUT2D eigenvalue weighted by Gasteiger charge is 2.18. The number of hydrogen-bond acceptors (Lipinski definition) is 3. The minimum Gasteiger partial charge on any atom is -0.497 e. The van der Waals surface area contributed by atoms with Gasteiger partial charge < -0.3 is 4.74 Å². The zero-order valence-electron chi connectivity index (χ0n) is 11.1. The normalized spacial score (nSPS) is 10.5. The van der Waals surface area contributed by atoms with Crippen molar-refractivity contribution < 1.29 is 13.9 Å². The number of halogens is 1. The molecule has 1 aromatic carbocycles. The van der Waals surface area contributed by atoms with Gasteiger partial charge in [-0.1, -0.05) is 6.92 Å². The van der Waals surface area contributed by atoms with Crippen LogP contribution in [0.15, 0.2) is 24.3 Å². The molecule has 0 bridgehead atoms. The second-order valence-corrected chi connectivity index (χ2v) is 4.17. The summed E-state index contributed by atoms with van der Waals surface area (Å²) in [6.45, 7) is 1.95. The Balaban J connectivity index is 2.41. The Bertz CT molecular complexity index is 620. The lowest BCUT2D eigenvalue weighted by Gasteiger charge is -2.05. The van der Waals surface area contributed by atoms with Crippen LogP contribution in [0.3, 0.4) is 0 Å². The Kier molecular flexibility index (Phi) is 3.64. The smallest absolute Gasteiger partial charge is 0.213 e. The van der Waals surface area contributed by atoms with Crippen molar-refractivity contribution in [1.82, 2.24) is 9.78 Å². The fraction of sp³-hybridized carbons (Fsp3) is 0.286. The summed E-state index contributed by atoms with van der Waals surface area (Å²) in [5.41, 5.74) is 1.20. The Labute approximate surface area is 110 Å². The number of aryl methyl sites for hydroxylation is 2. The van der Waals surface area contributed by atoms with Crippen LogP contribution in [-0.4, -0.2) is 22.7 Å². The third-order valence-corrected chi connectivity index (χ3v) is 2.95. The van der Waals surface area contributed by atoms with E-state index in [1.54, 1.807) is 19.2 Å². The molecular formula is C14H15FN2O2. The van der Waals surface area contributed by atoms with Gasteiger partial charge in [-0.3, -0.25) is 9.48 Å². The predicted octanol–water partition coefficient (Wildman–Crippen LogP) is 2.36. The Morgan fingerprint density at radius 2 is 2.16 bits per heavy atom. The molecule has 0 atom stereocenters. The molecule has 0 N–H and O–H groups in total. The Morgan fingerprint density at radius 3 is 2.68 bits per heavy atom. The standard InChI is InChI=1S/C14H15FN2O2/c1-4-9-7-13(17(2)16-9)14(18)11-6-5-10(19-3)8-12(11)15/h5-8H,4H2,1-3H3. The number of methoxy groups -OCH3 is 1. The monoisotopic (exact) mass is 262 g/mol. The maximum absolute atomic E-state index is 13.9. The van der Waals surface area contributed by atoms with Crippen LogP contribution in [0.1, 0.15) is 28.7 Å². The fourth-order valence-electron chi connectivity index (χ4n) is 1.86. The minimum atomic E-state index is -0.594. The second-order valence-electron chi connectivity index (χ2n) is 4.17. The number of hydrogen-bond donors (Lipinski definition) is 0. The molecule has 19 heavy (non-hydrogen) atoms. The van der Waals surface area contributed by atoms with Gasteiger partial charge in [0.05, 0.1) is 18.4 Å². The number of aromatic nitrogens is 2. The van der Waals surface area contributed by atoms with Gasteiger partial charge in [0.25, 0.3) is 0 Å². The van der Waals surface area contributed by atoms with Gasteiger partial charge in [0.15, 0.2) is 0 Å². The lowest BCUT2D eigenvalue weighted by atomic mass is 10.1. The summed E-state index contributed by atoms with van der Waals surface area (Å²) in [6.07, 6.45) is 0.728. The highest BCUT2D eigenvalue weighted by molar-refractivity contribution is 6.08. The molecule has 100 valence electrons. The lowest BCUT2D eigenvalue weighted by molar-refractivity contribution is 0.102. The van der Waals surface area contributed by atoms with Gasteiger partial charge in [0.1, 0.15) is 17.3 Å². The average Bonchev–Trinajstić information content (AvgIpc) is 2.79. The zero-order chi connectivity index (χ0) is 14.0. The van der Waals surface area contributed by atoms with Crippen molar-refractivity contribution in [2.75, 3.05) is 7.11 Å². The first kappa shape index (κ1) is 13.3. The fourth-order valence-corrected chi connectivity index (χ4v) is 1.86. The number of ketones is 1. The van der Waals surface area contributed by atoms with Crippen LogP contribution in [0.4, 0.5) is 4.39 Å². The van der Waals surface area contributed by atoms with Crippen molar-refractivity contribution in [3.63, 3.8) is 0 Å². The lowest BCUT2D eigenvalue weighted by Crippen LogP contribution is -2.10. The van der Waals surface area contributed by atoms with E-state index in [1.807, 2.05) is 6.92 Å². The first-order chi connectivity index (χ1) is 9.06. The molecule has 0 spiro atoms. The summed E-state index contributed by atoms with van der Waals surface area (Å²) >= 11 is 0. The SMILES string of the molecule is CCc1cc(C(=O)c2ccc(OC)cc2F)n(C)n1. The molecule has 5 heteroatoms. The molecule has 0 radical (unpaired) electrons. The number of ether oxygens (including phenoxy) is 1. The quantitative estimate of drug-likeness (QED) is 0.794. The number of nitrogens with zero attached hydrogens (tertiary/aromatic N) is 2. The van der Waals surface area contributed by atoms with E-state index in [1.165, 1.54) is 23.9 Å². The molecule has 0 saturated carbocycles.